The lowest BCUT2D eigenvalue weighted by Crippen LogP contribution is -1.75. The molecule has 1 heterocycles. The van der Waals surface area contributed by atoms with Crippen molar-refractivity contribution < 1.29 is 0 Å². The molecule has 0 atom stereocenters. The highest BCUT2D eigenvalue weighted by atomic mass is 35.5. The molecule has 3 heteroatoms. The van der Waals surface area contributed by atoms with E-state index in [9.17, 15) is 0 Å². The van der Waals surface area contributed by atoms with Crippen LogP contribution in [-0.4, -0.2) is 4.98 Å². The van der Waals surface area contributed by atoms with Crippen molar-refractivity contribution in [3.8, 4) is 10.6 Å². The van der Waals surface area contributed by atoms with E-state index in [1.807, 2.05) is 24.3 Å². The Bertz CT molecular complexity index is 422. The minimum atomic E-state index is 0.733. The fourth-order valence-corrected chi connectivity index (χ4v) is 2.10. The smallest absolute Gasteiger partial charge is 0.125 e. The second-order valence-electron chi connectivity index (χ2n) is 2.61. The minimum Gasteiger partial charge on any atom is -0.244 e. The van der Waals surface area contributed by atoms with E-state index in [4.69, 9.17) is 11.6 Å². The van der Waals surface area contributed by atoms with Gasteiger partial charge >= 0.3 is 0 Å². The number of rotatable bonds is 1. The van der Waals surface area contributed by atoms with Crippen LogP contribution in [0.15, 0.2) is 30.5 Å². The van der Waals surface area contributed by atoms with E-state index in [1.54, 1.807) is 17.5 Å². The molecule has 0 aliphatic heterocycles. The van der Waals surface area contributed by atoms with Crippen molar-refractivity contribution >= 4 is 22.9 Å². The van der Waals surface area contributed by atoms with E-state index in [1.165, 1.54) is 0 Å². The van der Waals surface area contributed by atoms with E-state index < -0.39 is 0 Å². The van der Waals surface area contributed by atoms with Crippen LogP contribution in [0.25, 0.3) is 10.6 Å². The SMILES string of the molecule is [CH2]c1cnc(-c2ccccc2Cl)s1. The van der Waals surface area contributed by atoms with Gasteiger partial charge in [-0.15, -0.1) is 11.3 Å². The van der Waals surface area contributed by atoms with Gasteiger partial charge in [-0.3, -0.25) is 0 Å². The normalized spacial score (nSPS) is 10.3. The van der Waals surface area contributed by atoms with Gasteiger partial charge in [-0.1, -0.05) is 29.8 Å². The summed E-state index contributed by atoms with van der Waals surface area (Å²) in [5, 5.41) is 1.66. The summed E-state index contributed by atoms with van der Waals surface area (Å²) in [7, 11) is 0. The predicted molar refractivity (Wildman–Crippen MR) is 57.0 cm³/mol. The van der Waals surface area contributed by atoms with Crippen LogP contribution in [0.2, 0.25) is 5.02 Å². The second kappa shape index (κ2) is 3.48. The minimum absolute atomic E-state index is 0.733. The van der Waals surface area contributed by atoms with Crippen molar-refractivity contribution in [2.45, 2.75) is 0 Å². The standard InChI is InChI=1S/C10H7ClNS/c1-7-6-12-10(13-7)8-4-2-3-5-9(8)11/h2-6H,1H2. The molecule has 0 fully saturated rings. The van der Waals surface area contributed by atoms with E-state index in [0.717, 1.165) is 20.5 Å². The summed E-state index contributed by atoms with van der Waals surface area (Å²) in [5.74, 6) is 0. The van der Waals surface area contributed by atoms with Gasteiger partial charge in [0.2, 0.25) is 0 Å². The van der Waals surface area contributed by atoms with E-state index in [2.05, 4.69) is 11.9 Å². The highest BCUT2D eigenvalue weighted by molar-refractivity contribution is 7.15. The molecule has 2 aromatic rings. The van der Waals surface area contributed by atoms with Crippen LogP contribution >= 0.6 is 22.9 Å². The number of hydrogen-bond donors (Lipinski definition) is 0. The lowest BCUT2D eigenvalue weighted by atomic mass is 10.2. The molecule has 0 amide bonds. The van der Waals surface area contributed by atoms with Gasteiger partial charge in [-0.25, -0.2) is 4.98 Å². The first-order chi connectivity index (χ1) is 6.27. The highest BCUT2D eigenvalue weighted by Crippen LogP contribution is 2.30. The summed E-state index contributed by atoms with van der Waals surface area (Å²) in [4.78, 5) is 5.17. The molecule has 1 aromatic heterocycles. The largest absolute Gasteiger partial charge is 0.244 e. The van der Waals surface area contributed by atoms with Crippen LogP contribution in [-0.2, 0) is 0 Å². The highest BCUT2D eigenvalue weighted by Gasteiger charge is 2.05. The first-order valence-electron chi connectivity index (χ1n) is 3.80. The summed E-state index contributed by atoms with van der Waals surface area (Å²) in [6, 6.07) is 7.68. The molecule has 0 aliphatic rings. The van der Waals surface area contributed by atoms with Crippen LogP contribution in [0, 0.1) is 6.92 Å². The molecule has 0 saturated carbocycles. The first-order valence-corrected chi connectivity index (χ1v) is 4.99. The van der Waals surface area contributed by atoms with E-state index in [-0.39, 0.29) is 0 Å². The zero-order chi connectivity index (χ0) is 9.26. The fraction of sp³-hybridized carbons (Fsp3) is 0. The lowest BCUT2D eigenvalue weighted by Gasteiger charge is -1.97. The van der Waals surface area contributed by atoms with Crippen LogP contribution in [0.3, 0.4) is 0 Å². The summed E-state index contributed by atoms with van der Waals surface area (Å²) in [6.45, 7) is 3.81. The zero-order valence-corrected chi connectivity index (χ0v) is 8.40. The molecule has 1 radical (unpaired) electrons. The van der Waals surface area contributed by atoms with Gasteiger partial charge in [0.15, 0.2) is 0 Å². The summed E-state index contributed by atoms with van der Waals surface area (Å²) in [5.41, 5.74) is 0.976. The molecule has 0 bridgehead atoms. The molecule has 0 aliphatic carbocycles. The third kappa shape index (κ3) is 1.74. The van der Waals surface area contributed by atoms with Crippen molar-refractivity contribution in [3.05, 3.63) is 47.3 Å². The topological polar surface area (TPSA) is 12.9 Å². The Labute approximate surface area is 86.0 Å². The van der Waals surface area contributed by atoms with Gasteiger partial charge < -0.3 is 0 Å². The second-order valence-corrected chi connectivity index (χ2v) is 4.13. The monoisotopic (exact) mass is 208 g/mol. The summed E-state index contributed by atoms with van der Waals surface area (Å²) >= 11 is 7.56. The third-order valence-corrected chi connectivity index (χ3v) is 2.87. The number of thiazole rings is 1. The van der Waals surface area contributed by atoms with Crippen LogP contribution in [0.4, 0.5) is 0 Å². The molecule has 1 aromatic carbocycles. The van der Waals surface area contributed by atoms with Crippen molar-refractivity contribution in [1.29, 1.82) is 0 Å². The van der Waals surface area contributed by atoms with Gasteiger partial charge in [0.25, 0.3) is 0 Å². The van der Waals surface area contributed by atoms with Gasteiger partial charge in [0.05, 0.1) is 5.02 Å². The molecule has 0 N–H and O–H groups in total. The average molecular weight is 209 g/mol. The Hall–Kier alpha value is -0.860. The van der Waals surface area contributed by atoms with Crippen LogP contribution in [0.1, 0.15) is 4.88 Å². The zero-order valence-electron chi connectivity index (χ0n) is 6.83. The van der Waals surface area contributed by atoms with E-state index in [0.29, 0.717) is 0 Å². The molecule has 0 unspecified atom stereocenters. The first kappa shape index (κ1) is 8.73. The molecule has 2 rings (SSSR count). The van der Waals surface area contributed by atoms with Crippen LogP contribution in [0.5, 0.6) is 0 Å². The Morgan fingerprint density at radius 1 is 1.31 bits per heavy atom. The molecular formula is C10H7ClNS. The third-order valence-electron chi connectivity index (χ3n) is 1.66. The van der Waals surface area contributed by atoms with Gasteiger partial charge in [0, 0.05) is 16.6 Å². The van der Waals surface area contributed by atoms with Gasteiger partial charge in [-0.2, -0.15) is 0 Å². The molecule has 0 spiro atoms. The summed E-state index contributed by atoms with van der Waals surface area (Å²) in [6.07, 6.45) is 1.75. The maximum Gasteiger partial charge on any atom is 0.125 e. The molecule has 1 nitrogen and oxygen atoms in total. The lowest BCUT2D eigenvalue weighted by molar-refractivity contribution is 1.40. The molecule has 13 heavy (non-hydrogen) atoms. The van der Waals surface area contributed by atoms with Crippen molar-refractivity contribution in [2.24, 2.45) is 0 Å². The number of nitrogens with zero attached hydrogens (tertiary/aromatic N) is 1. The molecular weight excluding hydrogens is 202 g/mol. The van der Waals surface area contributed by atoms with Gasteiger partial charge in [0.1, 0.15) is 5.01 Å². The van der Waals surface area contributed by atoms with E-state index >= 15 is 0 Å². The Balaban J connectivity index is 2.52. The van der Waals surface area contributed by atoms with Crippen LogP contribution < -0.4 is 0 Å². The van der Waals surface area contributed by atoms with Crippen molar-refractivity contribution in [1.82, 2.24) is 4.98 Å². The molecule has 0 saturated heterocycles. The number of halogens is 1. The van der Waals surface area contributed by atoms with Crippen molar-refractivity contribution in [3.63, 3.8) is 0 Å². The number of hydrogen-bond acceptors (Lipinski definition) is 2. The van der Waals surface area contributed by atoms with Crippen molar-refractivity contribution in [2.75, 3.05) is 0 Å². The summed E-state index contributed by atoms with van der Waals surface area (Å²) < 4.78 is 0. The fourth-order valence-electron chi connectivity index (χ4n) is 1.07. The van der Waals surface area contributed by atoms with Gasteiger partial charge in [-0.05, 0) is 13.0 Å². The maximum atomic E-state index is 6.01. The quantitative estimate of drug-likeness (QED) is 0.697. The Morgan fingerprint density at radius 3 is 2.69 bits per heavy atom. The Kier molecular flexibility index (Phi) is 2.34. The predicted octanol–water partition coefficient (Wildman–Crippen LogP) is 3.65. The number of benzene rings is 1. The maximum absolute atomic E-state index is 6.01. The Morgan fingerprint density at radius 2 is 2.08 bits per heavy atom. The average Bonchev–Trinajstić information content (AvgIpc) is 2.53. The number of aromatic nitrogens is 1. The molecule has 65 valence electrons.